The maximum absolute atomic E-state index is 10.7. The first-order valence-electron chi connectivity index (χ1n) is 5.82. The van der Waals surface area contributed by atoms with Crippen molar-refractivity contribution in [2.75, 3.05) is 0 Å². The maximum Gasteiger partial charge on any atom is 0.241 e. The van der Waals surface area contributed by atoms with E-state index in [2.05, 4.69) is 28.1 Å². The Morgan fingerprint density at radius 3 is 2.68 bits per heavy atom. The van der Waals surface area contributed by atoms with Crippen molar-refractivity contribution in [3.63, 3.8) is 0 Å². The van der Waals surface area contributed by atoms with Gasteiger partial charge in [0.2, 0.25) is 5.91 Å². The summed E-state index contributed by atoms with van der Waals surface area (Å²) in [7, 11) is 0. The fourth-order valence-corrected chi connectivity index (χ4v) is 2.26. The number of furan rings is 1. The Bertz CT molecular complexity index is 656. The number of aryl methyl sites for hydroxylation is 2. The molecule has 0 fully saturated rings. The molecule has 98 valence electrons. The van der Waals surface area contributed by atoms with E-state index >= 15 is 0 Å². The lowest BCUT2D eigenvalue weighted by Gasteiger charge is -2.06. The smallest absolute Gasteiger partial charge is 0.241 e. The van der Waals surface area contributed by atoms with Gasteiger partial charge in [-0.25, -0.2) is 0 Å². The van der Waals surface area contributed by atoms with E-state index < -0.39 is 5.91 Å². The summed E-state index contributed by atoms with van der Waals surface area (Å²) in [6, 6.07) is 7.83. The average Bonchev–Trinajstić information content (AvgIpc) is 2.80. The predicted octanol–water partition coefficient (Wildman–Crippen LogP) is 3.82. The van der Waals surface area contributed by atoms with Crippen LogP contribution in [0.2, 0.25) is 0 Å². The molecular weight excluding hydrogens is 306 g/mol. The number of rotatable bonds is 3. The fourth-order valence-electron chi connectivity index (χ4n) is 1.80. The number of halogens is 1. The maximum atomic E-state index is 10.7. The topological polar surface area (TPSA) is 56.2 Å². The molecule has 0 aliphatic rings. The van der Waals surface area contributed by atoms with Gasteiger partial charge in [-0.3, -0.25) is 4.79 Å². The molecule has 2 aromatic rings. The third-order valence-electron chi connectivity index (χ3n) is 2.81. The molecule has 0 atom stereocenters. The predicted molar refractivity (Wildman–Crippen MR) is 79.5 cm³/mol. The van der Waals surface area contributed by atoms with E-state index in [-0.39, 0.29) is 0 Å². The molecule has 0 spiro atoms. The molecule has 1 aromatic heterocycles. The average molecular weight is 320 g/mol. The second kappa shape index (κ2) is 5.45. The zero-order chi connectivity index (χ0) is 14.0. The highest BCUT2D eigenvalue weighted by Crippen LogP contribution is 2.30. The standard InChI is InChI=1S/C15H14BrNO2/c1-9-8-13(16)10(2)7-12(9)14-5-3-11(19-14)4-6-15(17)18/h3-8H,1-2H3,(H2,17,18)/b6-4+. The van der Waals surface area contributed by atoms with Crippen LogP contribution in [0.3, 0.4) is 0 Å². The minimum atomic E-state index is -0.492. The molecule has 2 N–H and O–H groups in total. The molecule has 1 amide bonds. The largest absolute Gasteiger partial charge is 0.457 e. The number of amides is 1. The van der Waals surface area contributed by atoms with Crippen molar-refractivity contribution in [1.29, 1.82) is 0 Å². The lowest BCUT2D eigenvalue weighted by Crippen LogP contribution is -2.04. The van der Waals surface area contributed by atoms with Crippen LogP contribution in [-0.2, 0) is 4.79 Å². The number of primary amides is 1. The summed E-state index contributed by atoms with van der Waals surface area (Å²) in [5, 5.41) is 0. The first kappa shape index (κ1) is 13.6. The van der Waals surface area contributed by atoms with Gasteiger partial charge >= 0.3 is 0 Å². The third-order valence-corrected chi connectivity index (χ3v) is 3.66. The summed E-state index contributed by atoms with van der Waals surface area (Å²) in [5.74, 6) is 0.889. The molecule has 1 heterocycles. The van der Waals surface area contributed by atoms with E-state index in [1.807, 2.05) is 26.0 Å². The molecule has 19 heavy (non-hydrogen) atoms. The van der Waals surface area contributed by atoms with Gasteiger partial charge in [-0.05, 0) is 55.3 Å². The highest BCUT2D eigenvalue weighted by Gasteiger charge is 2.08. The van der Waals surface area contributed by atoms with Gasteiger partial charge in [-0.15, -0.1) is 0 Å². The van der Waals surface area contributed by atoms with Crippen LogP contribution in [-0.4, -0.2) is 5.91 Å². The fraction of sp³-hybridized carbons (Fsp3) is 0.133. The number of hydrogen-bond acceptors (Lipinski definition) is 2. The third kappa shape index (κ3) is 3.15. The molecule has 1 aromatic carbocycles. The van der Waals surface area contributed by atoms with E-state index in [1.54, 1.807) is 6.08 Å². The molecule has 4 heteroatoms. The quantitative estimate of drug-likeness (QED) is 0.874. The minimum absolute atomic E-state index is 0.492. The zero-order valence-electron chi connectivity index (χ0n) is 10.7. The van der Waals surface area contributed by atoms with Crippen LogP contribution in [0.15, 0.2) is 39.2 Å². The summed E-state index contributed by atoms with van der Waals surface area (Å²) in [6.07, 6.45) is 2.84. The minimum Gasteiger partial charge on any atom is -0.457 e. The Morgan fingerprint density at radius 1 is 1.26 bits per heavy atom. The van der Waals surface area contributed by atoms with Crippen LogP contribution >= 0.6 is 15.9 Å². The van der Waals surface area contributed by atoms with Crippen LogP contribution in [0.1, 0.15) is 16.9 Å². The number of carbonyl (C=O) groups is 1. The van der Waals surface area contributed by atoms with Gasteiger partial charge in [-0.2, -0.15) is 0 Å². The molecule has 2 rings (SSSR count). The Hall–Kier alpha value is -1.81. The summed E-state index contributed by atoms with van der Waals surface area (Å²) in [4.78, 5) is 10.7. The number of carbonyl (C=O) groups excluding carboxylic acids is 1. The van der Waals surface area contributed by atoms with Gasteiger partial charge < -0.3 is 10.2 Å². The van der Waals surface area contributed by atoms with Crippen molar-refractivity contribution in [1.82, 2.24) is 0 Å². The van der Waals surface area contributed by atoms with E-state index in [9.17, 15) is 4.79 Å². The Balaban J connectivity index is 2.38. The van der Waals surface area contributed by atoms with Crippen molar-refractivity contribution in [2.24, 2.45) is 5.73 Å². The van der Waals surface area contributed by atoms with Gasteiger partial charge in [0.25, 0.3) is 0 Å². The summed E-state index contributed by atoms with van der Waals surface area (Å²) in [6.45, 7) is 4.06. The second-order valence-electron chi connectivity index (χ2n) is 4.35. The number of benzene rings is 1. The summed E-state index contributed by atoms with van der Waals surface area (Å²) in [5.41, 5.74) is 8.35. The van der Waals surface area contributed by atoms with Gasteiger partial charge in [0.05, 0.1) is 0 Å². The van der Waals surface area contributed by atoms with E-state index in [4.69, 9.17) is 10.2 Å². The van der Waals surface area contributed by atoms with E-state index in [1.165, 1.54) is 6.08 Å². The van der Waals surface area contributed by atoms with Crippen molar-refractivity contribution < 1.29 is 9.21 Å². The Labute approximate surface area is 120 Å². The molecule has 0 aliphatic carbocycles. The molecular formula is C15H14BrNO2. The number of hydrogen-bond donors (Lipinski definition) is 1. The summed E-state index contributed by atoms with van der Waals surface area (Å²) >= 11 is 3.51. The molecule has 0 saturated heterocycles. The van der Waals surface area contributed by atoms with Gasteiger partial charge in [0, 0.05) is 16.1 Å². The van der Waals surface area contributed by atoms with Gasteiger partial charge in [0.15, 0.2) is 0 Å². The highest BCUT2D eigenvalue weighted by molar-refractivity contribution is 9.10. The van der Waals surface area contributed by atoms with Crippen molar-refractivity contribution in [2.45, 2.75) is 13.8 Å². The van der Waals surface area contributed by atoms with Crippen LogP contribution in [0, 0.1) is 13.8 Å². The van der Waals surface area contributed by atoms with Crippen molar-refractivity contribution >= 4 is 27.9 Å². The van der Waals surface area contributed by atoms with E-state index in [0.717, 1.165) is 26.9 Å². The van der Waals surface area contributed by atoms with Crippen LogP contribution in [0.5, 0.6) is 0 Å². The van der Waals surface area contributed by atoms with Gasteiger partial charge in [0.1, 0.15) is 11.5 Å². The van der Waals surface area contributed by atoms with Gasteiger partial charge in [-0.1, -0.05) is 15.9 Å². The molecule has 0 saturated carbocycles. The van der Waals surface area contributed by atoms with Crippen LogP contribution in [0.4, 0.5) is 0 Å². The van der Waals surface area contributed by atoms with Crippen LogP contribution < -0.4 is 5.73 Å². The lowest BCUT2D eigenvalue weighted by molar-refractivity contribution is -0.113. The Kier molecular flexibility index (Phi) is 3.90. The molecule has 3 nitrogen and oxygen atoms in total. The first-order valence-corrected chi connectivity index (χ1v) is 6.61. The normalized spacial score (nSPS) is 11.1. The summed E-state index contributed by atoms with van der Waals surface area (Å²) < 4.78 is 6.76. The Morgan fingerprint density at radius 2 is 2.00 bits per heavy atom. The number of nitrogens with two attached hydrogens (primary N) is 1. The second-order valence-corrected chi connectivity index (χ2v) is 5.21. The molecule has 0 aliphatic heterocycles. The highest BCUT2D eigenvalue weighted by atomic mass is 79.9. The first-order chi connectivity index (χ1) is 8.97. The van der Waals surface area contributed by atoms with E-state index in [0.29, 0.717) is 5.76 Å². The lowest BCUT2D eigenvalue weighted by atomic mass is 10.0. The molecule has 0 bridgehead atoms. The van der Waals surface area contributed by atoms with Crippen molar-refractivity contribution in [3.05, 3.63) is 51.7 Å². The SMILES string of the molecule is Cc1cc(-c2ccc(/C=C/C(N)=O)o2)c(C)cc1Br. The van der Waals surface area contributed by atoms with Crippen molar-refractivity contribution in [3.8, 4) is 11.3 Å². The molecule has 0 unspecified atom stereocenters. The monoisotopic (exact) mass is 319 g/mol. The van der Waals surface area contributed by atoms with Crippen LogP contribution in [0.25, 0.3) is 17.4 Å². The molecule has 0 radical (unpaired) electrons. The zero-order valence-corrected chi connectivity index (χ0v) is 12.3.